The summed E-state index contributed by atoms with van der Waals surface area (Å²) in [6, 6.07) is 1.65. The number of hydrogen-bond acceptors (Lipinski definition) is 2. The van der Waals surface area contributed by atoms with Gasteiger partial charge in [0.15, 0.2) is 0 Å². The van der Waals surface area contributed by atoms with Crippen LogP contribution in [0.1, 0.15) is 32.1 Å². The zero-order chi connectivity index (χ0) is 7.52. The van der Waals surface area contributed by atoms with Gasteiger partial charge in [-0.05, 0) is 45.2 Å². The van der Waals surface area contributed by atoms with Gasteiger partial charge in [0, 0.05) is 12.1 Å². The minimum atomic E-state index is 0.825. The van der Waals surface area contributed by atoms with Crippen LogP contribution in [0.4, 0.5) is 0 Å². The Balaban J connectivity index is 1.71. The van der Waals surface area contributed by atoms with Gasteiger partial charge in [-0.15, -0.1) is 0 Å². The number of hydrogen-bond donors (Lipinski definition) is 2. The number of nitrogens with one attached hydrogen (secondary N) is 2. The van der Waals surface area contributed by atoms with E-state index in [1.54, 1.807) is 0 Å². The lowest BCUT2D eigenvalue weighted by atomic mass is 10.0. The first-order valence-corrected chi connectivity index (χ1v) is 4.92. The van der Waals surface area contributed by atoms with Crippen LogP contribution >= 0.6 is 0 Å². The molecule has 64 valence electrons. The molecule has 2 N–H and O–H groups in total. The van der Waals surface area contributed by atoms with Crippen molar-refractivity contribution in [1.82, 2.24) is 10.6 Å². The summed E-state index contributed by atoms with van der Waals surface area (Å²) in [5, 5.41) is 7.09. The van der Waals surface area contributed by atoms with Crippen molar-refractivity contribution in [3.05, 3.63) is 0 Å². The van der Waals surface area contributed by atoms with Gasteiger partial charge in [0.25, 0.3) is 0 Å². The van der Waals surface area contributed by atoms with E-state index in [9.17, 15) is 0 Å². The summed E-state index contributed by atoms with van der Waals surface area (Å²) in [5.41, 5.74) is 0. The van der Waals surface area contributed by atoms with E-state index in [0.717, 1.165) is 12.1 Å². The van der Waals surface area contributed by atoms with Crippen molar-refractivity contribution in [1.29, 1.82) is 0 Å². The average Bonchev–Trinajstić information content (AvgIpc) is 2.60. The van der Waals surface area contributed by atoms with Crippen molar-refractivity contribution in [2.75, 3.05) is 13.1 Å². The van der Waals surface area contributed by atoms with Crippen LogP contribution < -0.4 is 10.6 Å². The molecule has 0 aromatic heterocycles. The third kappa shape index (κ3) is 1.94. The molecule has 2 rings (SSSR count). The van der Waals surface area contributed by atoms with Gasteiger partial charge < -0.3 is 10.6 Å². The van der Waals surface area contributed by atoms with Gasteiger partial charge in [0.2, 0.25) is 0 Å². The summed E-state index contributed by atoms with van der Waals surface area (Å²) < 4.78 is 0. The minimum absolute atomic E-state index is 0.825. The summed E-state index contributed by atoms with van der Waals surface area (Å²) in [5.74, 6) is 0. The predicted molar refractivity (Wildman–Crippen MR) is 46.7 cm³/mol. The van der Waals surface area contributed by atoms with Crippen molar-refractivity contribution < 1.29 is 0 Å². The van der Waals surface area contributed by atoms with Gasteiger partial charge in [-0.2, -0.15) is 0 Å². The first kappa shape index (κ1) is 7.56. The zero-order valence-electron chi connectivity index (χ0n) is 7.10. The van der Waals surface area contributed by atoms with Crippen molar-refractivity contribution in [3.63, 3.8) is 0 Å². The van der Waals surface area contributed by atoms with Gasteiger partial charge in [-0.1, -0.05) is 0 Å². The van der Waals surface area contributed by atoms with E-state index >= 15 is 0 Å². The van der Waals surface area contributed by atoms with Crippen LogP contribution in [0.3, 0.4) is 0 Å². The predicted octanol–water partition coefficient (Wildman–Crippen LogP) is 0.881. The fraction of sp³-hybridized carbons (Fsp3) is 1.00. The molecular weight excluding hydrogens is 136 g/mol. The van der Waals surface area contributed by atoms with Crippen molar-refractivity contribution in [3.8, 4) is 0 Å². The smallest absolute Gasteiger partial charge is 0.00823 e. The Morgan fingerprint density at radius 2 is 1.45 bits per heavy atom. The summed E-state index contributed by atoms with van der Waals surface area (Å²) in [7, 11) is 0. The van der Waals surface area contributed by atoms with E-state index in [-0.39, 0.29) is 0 Å². The summed E-state index contributed by atoms with van der Waals surface area (Å²) in [6.45, 7) is 2.49. The van der Waals surface area contributed by atoms with Crippen LogP contribution in [0.5, 0.6) is 0 Å². The molecule has 2 atom stereocenters. The first-order chi connectivity index (χ1) is 5.45. The van der Waals surface area contributed by atoms with Gasteiger partial charge in [-0.25, -0.2) is 0 Å². The van der Waals surface area contributed by atoms with Gasteiger partial charge in [-0.3, -0.25) is 0 Å². The first-order valence-electron chi connectivity index (χ1n) is 4.92. The lowest BCUT2D eigenvalue weighted by Crippen LogP contribution is -2.31. The lowest BCUT2D eigenvalue weighted by molar-refractivity contribution is 0.460. The fourth-order valence-electron chi connectivity index (χ4n) is 2.26. The highest BCUT2D eigenvalue weighted by molar-refractivity contribution is 4.83. The van der Waals surface area contributed by atoms with E-state index in [0.29, 0.717) is 0 Å². The molecule has 0 saturated carbocycles. The maximum absolute atomic E-state index is 3.54. The third-order valence-corrected chi connectivity index (χ3v) is 2.89. The molecule has 2 fully saturated rings. The molecule has 2 heteroatoms. The quantitative estimate of drug-likeness (QED) is 0.617. The summed E-state index contributed by atoms with van der Waals surface area (Å²) >= 11 is 0. The third-order valence-electron chi connectivity index (χ3n) is 2.89. The highest BCUT2D eigenvalue weighted by Crippen LogP contribution is 2.16. The standard InChI is InChI=1S/C9H18N2/c1-3-8(10-5-1)7-9-4-2-6-11-9/h8-11H,1-7H2/t8-,9-/m1/s1. The largest absolute Gasteiger partial charge is 0.314 e. The molecule has 0 aromatic rings. The Bertz CT molecular complexity index is 98.7. The molecule has 2 nitrogen and oxygen atoms in total. The van der Waals surface area contributed by atoms with Crippen LogP contribution in [-0.2, 0) is 0 Å². The molecule has 0 bridgehead atoms. The fourth-order valence-corrected chi connectivity index (χ4v) is 2.26. The SMILES string of the molecule is C1CN[C@@H](C[C@H]2CCCN2)C1. The Morgan fingerprint density at radius 3 is 1.82 bits per heavy atom. The van der Waals surface area contributed by atoms with Crippen LogP contribution in [0.2, 0.25) is 0 Å². The van der Waals surface area contributed by atoms with Crippen LogP contribution in [0, 0.1) is 0 Å². The molecule has 0 spiro atoms. The molecule has 0 amide bonds. The molecule has 2 aliphatic heterocycles. The van der Waals surface area contributed by atoms with Gasteiger partial charge >= 0.3 is 0 Å². The molecule has 2 saturated heterocycles. The van der Waals surface area contributed by atoms with E-state index in [1.165, 1.54) is 45.2 Å². The maximum atomic E-state index is 3.54. The minimum Gasteiger partial charge on any atom is -0.314 e. The highest BCUT2D eigenvalue weighted by Gasteiger charge is 2.21. The van der Waals surface area contributed by atoms with Gasteiger partial charge in [0.1, 0.15) is 0 Å². The molecule has 0 aliphatic carbocycles. The van der Waals surface area contributed by atoms with E-state index in [2.05, 4.69) is 10.6 Å². The Kier molecular flexibility index (Phi) is 2.44. The van der Waals surface area contributed by atoms with E-state index < -0.39 is 0 Å². The highest BCUT2D eigenvalue weighted by atomic mass is 15.0. The molecule has 2 aliphatic rings. The summed E-state index contributed by atoms with van der Waals surface area (Å²) in [6.07, 6.45) is 6.94. The summed E-state index contributed by atoms with van der Waals surface area (Å²) in [4.78, 5) is 0. The Morgan fingerprint density at radius 1 is 0.909 bits per heavy atom. The second-order valence-corrected chi connectivity index (χ2v) is 3.82. The second-order valence-electron chi connectivity index (χ2n) is 3.82. The van der Waals surface area contributed by atoms with E-state index in [4.69, 9.17) is 0 Å². The Hall–Kier alpha value is -0.0800. The Labute approximate surface area is 68.7 Å². The normalized spacial score (nSPS) is 38.2. The molecular formula is C9H18N2. The molecule has 0 radical (unpaired) electrons. The van der Waals surface area contributed by atoms with Crippen LogP contribution in [0.25, 0.3) is 0 Å². The van der Waals surface area contributed by atoms with Gasteiger partial charge in [0.05, 0.1) is 0 Å². The maximum Gasteiger partial charge on any atom is 0.00823 e. The van der Waals surface area contributed by atoms with Crippen molar-refractivity contribution in [2.45, 2.75) is 44.2 Å². The van der Waals surface area contributed by atoms with Crippen molar-refractivity contribution in [2.24, 2.45) is 0 Å². The van der Waals surface area contributed by atoms with Crippen molar-refractivity contribution >= 4 is 0 Å². The zero-order valence-corrected chi connectivity index (χ0v) is 7.10. The lowest BCUT2D eigenvalue weighted by Gasteiger charge is -2.15. The molecule has 0 unspecified atom stereocenters. The topological polar surface area (TPSA) is 24.1 Å². The van der Waals surface area contributed by atoms with Crippen LogP contribution in [0.15, 0.2) is 0 Å². The molecule has 2 heterocycles. The average molecular weight is 154 g/mol. The molecule has 11 heavy (non-hydrogen) atoms. The second kappa shape index (κ2) is 3.55. The van der Waals surface area contributed by atoms with Crippen LogP contribution in [-0.4, -0.2) is 25.2 Å². The molecule has 0 aromatic carbocycles. The monoisotopic (exact) mass is 154 g/mol. The number of rotatable bonds is 2. The van der Waals surface area contributed by atoms with E-state index in [1.807, 2.05) is 0 Å².